The fourth-order valence-corrected chi connectivity index (χ4v) is 4.31. The molecule has 6 nitrogen and oxygen atoms in total. The molecule has 0 atom stereocenters. The van der Waals surface area contributed by atoms with E-state index in [4.69, 9.17) is 21.7 Å². The molecule has 32 heavy (non-hydrogen) atoms. The van der Waals surface area contributed by atoms with Crippen LogP contribution in [-0.2, 0) is 13.1 Å². The Labute approximate surface area is 195 Å². The normalized spacial score (nSPS) is 10.7. The average Bonchev–Trinajstić information content (AvgIpc) is 3.32. The third-order valence-corrected chi connectivity index (χ3v) is 6.27. The summed E-state index contributed by atoms with van der Waals surface area (Å²) >= 11 is 7.38. The van der Waals surface area contributed by atoms with Crippen LogP contribution >= 0.6 is 23.6 Å². The maximum absolute atomic E-state index is 12.8. The molecule has 164 valence electrons. The molecule has 2 aromatic heterocycles. The summed E-state index contributed by atoms with van der Waals surface area (Å²) in [6, 6.07) is 19.2. The van der Waals surface area contributed by atoms with Crippen molar-refractivity contribution in [3.8, 4) is 11.5 Å². The van der Waals surface area contributed by atoms with Crippen LogP contribution in [0.4, 0.5) is 5.69 Å². The van der Waals surface area contributed by atoms with Crippen LogP contribution in [0, 0.1) is 0 Å². The molecule has 2 aromatic carbocycles. The minimum absolute atomic E-state index is 0.144. The maximum atomic E-state index is 12.8. The number of nitrogens with one attached hydrogen (secondary N) is 2. The molecular weight excluding hydrogens is 442 g/mol. The van der Waals surface area contributed by atoms with Crippen molar-refractivity contribution in [1.29, 1.82) is 0 Å². The molecule has 0 aliphatic carbocycles. The van der Waals surface area contributed by atoms with E-state index in [9.17, 15) is 4.79 Å². The van der Waals surface area contributed by atoms with Gasteiger partial charge in [-0.05, 0) is 71.5 Å². The molecule has 0 radical (unpaired) electrons. The van der Waals surface area contributed by atoms with E-state index in [1.54, 1.807) is 25.6 Å². The lowest BCUT2D eigenvalue weighted by molar-refractivity contribution is 0.413. The number of thiophene rings is 1. The summed E-state index contributed by atoms with van der Waals surface area (Å²) < 4.78 is 10.5. The molecule has 0 unspecified atom stereocenters. The smallest absolute Gasteiger partial charge is 0.253 e. The zero-order chi connectivity index (χ0) is 22.5. The first kappa shape index (κ1) is 21.9. The van der Waals surface area contributed by atoms with Gasteiger partial charge in [-0.25, -0.2) is 0 Å². The van der Waals surface area contributed by atoms with Crippen molar-refractivity contribution in [2.24, 2.45) is 0 Å². The number of nitrogens with zero attached hydrogens (tertiary/aromatic N) is 1. The van der Waals surface area contributed by atoms with Crippen molar-refractivity contribution in [3.63, 3.8) is 0 Å². The van der Waals surface area contributed by atoms with Crippen LogP contribution in [0.2, 0.25) is 0 Å². The lowest BCUT2D eigenvalue weighted by atomic mass is 10.1. The minimum atomic E-state index is -0.144. The van der Waals surface area contributed by atoms with Gasteiger partial charge in [0.15, 0.2) is 5.11 Å². The summed E-state index contributed by atoms with van der Waals surface area (Å²) in [5.74, 6) is 1.47. The van der Waals surface area contributed by atoms with Crippen LogP contribution < -0.4 is 20.3 Å². The fraction of sp³-hybridized carbons (Fsp3) is 0.167. The number of hydrogen-bond acceptors (Lipinski definition) is 5. The Kier molecular flexibility index (Phi) is 6.72. The Morgan fingerprint density at radius 3 is 2.47 bits per heavy atom. The minimum Gasteiger partial charge on any atom is -0.497 e. The van der Waals surface area contributed by atoms with Crippen LogP contribution in [0.25, 0.3) is 10.9 Å². The molecule has 0 bridgehead atoms. The molecule has 4 aromatic rings. The molecule has 2 N–H and O–H groups in total. The van der Waals surface area contributed by atoms with Crippen LogP contribution in [0.15, 0.2) is 70.8 Å². The molecule has 0 amide bonds. The number of rotatable bonds is 7. The zero-order valence-corrected chi connectivity index (χ0v) is 19.4. The first-order valence-corrected chi connectivity index (χ1v) is 11.3. The molecule has 0 fully saturated rings. The summed E-state index contributed by atoms with van der Waals surface area (Å²) in [5.41, 5.74) is 2.08. The third kappa shape index (κ3) is 5.09. The number of H-pyrrole nitrogens is 1. The highest BCUT2D eigenvalue weighted by atomic mass is 32.1. The number of aromatic amines is 1. The molecule has 2 heterocycles. The Balaban J connectivity index is 1.60. The van der Waals surface area contributed by atoms with E-state index in [1.807, 2.05) is 64.9 Å². The van der Waals surface area contributed by atoms with Gasteiger partial charge in [-0.15, -0.1) is 11.3 Å². The number of anilines is 1. The quantitative estimate of drug-likeness (QED) is 0.374. The molecular formula is C24H23N3O3S2. The number of ether oxygens (including phenoxy) is 2. The monoisotopic (exact) mass is 465 g/mol. The van der Waals surface area contributed by atoms with Gasteiger partial charge in [0.1, 0.15) is 11.5 Å². The fourth-order valence-electron chi connectivity index (χ4n) is 3.34. The van der Waals surface area contributed by atoms with Gasteiger partial charge >= 0.3 is 0 Å². The second kappa shape index (κ2) is 9.84. The number of aromatic nitrogens is 1. The van der Waals surface area contributed by atoms with Crippen molar-refractivity contribution in [2.45, 2.75) is 13.1 Å². The van der Waals surface area contributed by atoms with Crippen molar-refractivity contribution < 1.29 is 9.47 Å². The summed E-state index contributed by atoms with van der Waals surface area (Å²) in [7, 11) is 3.24. The number of hydrogen-bond donors (Lipinski definition) is 2. The Morgan fingerprint density at radius 2 is 1.78 bits per heavy atom. The van der Waals surface area contributed by atoms with E-state index in [0.717, 1.165) is 27.2 Å². The van der Waals surface area contributed by atoms with Gasteiger partial charge in [0.25, 0.3) is 5.56 Å². The van der Waals surface area contributed by atoms with Gasteiger partial charge in [0.2, 0.25) is 0 Å². The average molecular weight is 466 g/mol. The van der Waals surface area contributed by atoms with E-state index in [1.165, 1.54) is 0 Å². The topological polar surface area (TPSA) is 66.6 Å². The Hall–Kier alpha value is -3.36. The molecule has 0 saturated carbocycles. The van der Waals surface area contributed by atoms with Crippen molar-refractivity contribution in [3.05, 3.63) is 86.8 Å². The van der Waals surface area contributed by atoms with Crippen molar-refractivity contribution in [1.82, 2.24) is 9.88 Å². The van der Waals surface area contributed by atoms with Crippen LogP contribution in [-0.4, -0.2) is 29.2 Å². The zero-order valence-electron chi connectivity index (χ0n) is 17.8. The molecule has 0 aliphatic heterocycles. The third-order valence-electron chi connectivity index (χ3n) is 5.05. The maximum Gasteiger partial charge on any atom is 0.253 e. The first-order valence-electron chi connectivity index (χ1n) is 9.98. The summed E-state index contributed by atoms with van der Waals surface area (Å²) in [5, 5.41) is 6.78. The van der Waals surface area contributed by atoms with Gasteiger partial charge in [0, 0.05) is 22.2 Å². The largest absolute Gasteiger partial charge is 0.497 e. The van der Waals surface area contributed by atoms with E-state index < -0.39 is 0 Å². The number of pyridine rings is 1. The SMILES string of the molecule is COc1ccc(NC(=S)N(Cc2cccs2)Cc2cc3ccc(OC)cc3[nH]c2=O)cc1. The summed E-state index contributed by atoms with van der Waals surface area (Å²) in [6.07, 6.45) is 0. The Morgan fingerprint density at radius 1 is 1.03 bits per heavy atom. The summed E-state index contributed by atoms with van der Waals surface area (Å²) in [4.78, 5) is 18.9. The first-order chi connectivity index (χ1) is 15.6. The van der Waals surface area contributed by atoms with E-state index in [-0.39, 0.29) is 5.56 Å². The second-order valence-electron chi connectivity index (χ2n) is 7.17. The van der Waals surface area contributed by atoms with Gasteiger partial charge in [-0.1, -0.05) is 6.07 Å². The predicted octanol–water partition coefficient (Wildman–Crippen LogP) is 5.01. The Bertz CT molecular complexity index is 1270. The standard InChI is InChI=1S/C24H23N3O3S2/c1-29-19-9-6-18(7-10-19)25-24(31)27(15-21-4-3-11-32-21)14-17-12-16-5-8-20(30-2)13-22(16)26-23(17)28/h3-13H,14-15H2,1-2H3,(H,25,31)(H,26,28). The molecule has 0 spiro atoms. The highest BCUT2D eigenvalue weighted by Gasteiger charge is 2.15. The predicted molar refractivity (Wildman–Crippen MR) is 134 cm³/mol. The van der Waals surface area contributed by atoms with Crippen LogP contribution in [0.5, 0.6) is 11.5 Å². The molecule has 4 rings (SSSR count). The molecule has 0 aliphatic rings. The van der Waals surface area contributed by atoms with Gasteiger partial charge in [0.05, 0.1) is 32.8 Å². The van der Waals surface area contributed by atoms with E-state index in [2.05, 4.69) is 16.4 Å². The molecule has 8 heteroatoms. The highest BCUT2D eigenvalue weighted by Crippen LogP contribution is 2.21. The lowest BCUT2D eigenvalue weighted by Gasteiger charge is -2.25. The number of benzene rings is 2. The number of methoxy groups -OCH3 is 2. The van der Waals surface area contributed by atoms with Crippen LogP contribution in [0.1, 0.15) is 10.4 Å². The number of fused-ring (bicyclic) bond motifs is 1. The van der Waals surface area contributed by atoms with E-state index >= 15 is 0 Å². The van der Waals surface area contributed by atoms with Gasteiger partial charge in [-0.2, -0.15) is 0 Å². The second-order valence-corrected chi connectivity index (χ2v) is 8.59. The van der Waals surface area contributed by atoms with Crippen molar-refractivity contribution >= 4 is 45.3 Å². The van der Waals surface area contributed by atoms with E-state index in [0.29, 0.717) is 29.5 Å². The van der Waals surface area contributed by atoms with Crippen molar-refractivity contribution in [2.75, 3.05) is 19.5 Å². The number of thiocarbonyl (C=S) groups is 1. The van der Waals surface area contributed by atoms with Gasteiger partial charge in [-0.3, -0.25) is 4.79 Å². The molecule has 0 saturated heterocycles. The lowest BCUT2D eigenvalue weighted by Crippen LogP contribution is -2.35. The van der Waals surface area contributed by atoms with Crippen LogP contribution in [0.3, 0.4) is 0 Å². The highest BCUT2D eigenvalue weighted by molar-refractivity contribution is 7.80. The summed E-state index contributed by atoms with van der Waals surface area (Å²) in [6.45, 7) is 0.969. The van der Waals surface area contributed by atoms with Gasteiger partial charge < -0.3 is 24.7 Å².